The van der Waals surface area contributed by atoms with Gasteiger partial charge in [0.1, 0.15) is 6.54 Å². The molecule has 0 N–H and O–H groups in total. The molecule has 1 fully saturated rings. The molecule has 2 aromatic rings. The fourth-order valence-corrected chi connectivity index (χ4v) is 2.41. The highest BCUT2D eigenvalue weighted by Gasteiger charge is 2.22. The smallest absolute Gasteiger partial charge is 0.320 e. The molecule has 0 saturated carbocycles. The maximum atomic E-state index is 12.3. The maximum Gasteiger partial charge on any atom is 0.320 e. The molecule has 0 aliphatic carbocycles. The zero-order valence-electron chi connectivity index (χ0n) is 13.4. The third-order valence-corrected chi connectivity index (χ3v) is 3.76. The molecule has 0 bridgehead atoms. The molecule has 0 atom stereocenters. The Balaban J connectivity index is 1.64. The number of aryl methyl sites for hydroxylation is 1. The molecule has 1 aliphatic heterocycles. The van der Waals surface area contributed by atoms with E-state index in [1.54, 1.807) is 16.8 Å². The third-order valence-electron chi connectivity index (χ3n) is 3.76. The normalized spacial score (nSPS) is 14.8. The minimum absolute atomic E-state index is 0.0524. The summed E-state index contributed by atoms with van der Waals surface area (Å²) in [5.74, 6) is 0.955. The number of carbonyl (C=O) groups is 1. The molecule has 122 valence electrons. The summed E-state index contributed by atoms with van der Waals surface area (Å²) in [7, 11) is 1.73. The van der Waals surface area contributed by atoms with Gasteiger partial charge in [0.25, 0.3) is 0 Å². The van der Waals surface area contributed by atoms with Gasteiger partial charge in [0.15, 0.2) is 0 Å². The fourth-order valence-electron chi connectivity index (χ4n) is 2.41. The van der Waals surface area contributed by atoms with Gasteiger partial charge >= 0.3 is 6.03 Å². The monoisotopic (exact) mass is 316 g/mol. The molecule has 1 aliphatic rings. The van der Waals surface area contributed by atoms with Crippen LogP contribution >= 0.6 is 0 Å². The van der Waals surface area contributed by atoms with Crippen LogP contribution in [0.4, 0.5) is 4.79 Å². The number of ether oxygens (including phenoxy) is 1. The van der Waals surface area contributed by atoms with E-state index in [9.17, 15) is 4.79 Å². The summed E-state index contributed by atoms with van der Waals surface area (Å²) in [6.45, 7) is 4.70. The lowest BCUT2D eigenvalue weighted by molar-refractivity contribution is 0.0441. The van der Waals surface area contributed by atoms with Crippen molar-refractivity contribution in [2.75, 3.05) is 33.4 Å². The molecular weight excluding hydrogens is 296 g/mol. The number of hydrogen-bond acceptors (Lipinski definition) is 5. The minimum atomic E-state index is -0.0524. The Morgan fingerprint density at radius 1 is 1.26 bits per heavy atom. The van der Waals surface area contributed by atoms with Crippen molar-refractivity contribution in [3.63, 3.8) is 0 Å². The summed E-state index contributed by atoms with van der Waals surface area (Å²) < 4.78 is 10.5. The van der Waals surface area contributed by atoms with Crippen molar-refractivity contribution in [3.05, 3.63) is 35.7 Å². The van der Waals surface area contributed by atoms with Crippen molar-refractivity contribution < 1.29 is 14.1 Å². The van der Waals surface area contributed by atoms with Gasteiger partial charge in [0.05, 0.1) is 13.2 Å². The van der Waals surface area contributed by atoms with Gasteiger partial charge in [-0.25, -0.2) is 4.79 Å². The molecule has 1 aromatic heterocycles. The van der Waals surface area contributed by atoms with Gasteiger partial charge in [-0.2, -0.15) is 4.98 Å². The first-order chi connectivity index (χ1) is 11.1. The van der Waals surface area contributed by atoms with Gasteiger partial charge in [-0.05, 0) is 6.92 Å². The molecule has 1 saturated heterocycles. The van der Waals surface area contributed by atoms with Crippen LogP contribution in [0.1, 0.15) is 11.5 Å². The van der Waals surface area contributed by atoms with Crippen LogP contribution in [0, 0.1) is 6.92 Å². The first-order valence-electron chi connectivity index (χ1n) is 7.61. The van der Waals surface area contributed by atoms with Crippen molar-refractivity contribution in [1.29, 1.82) is 0 Å². The van der Waals surface area contributed by atoms with E-state index in [0.717, 1.165) is 5.56 Å². The highest BCUT2D eigenvalue weighted by Crippen LogP contribution is 2.17. The van der Waals surface area contributed by atoms with Crippen molar-refractivity contribution in [1.82, 2.24) is 19.9 Å². The number of benzene rings is 1. The summed E-state index contributed by atoms with van der Waals surface area (Å²) >= 11 is 0. The SMILES string of the molecule is Cc1ccc(-c2noc(CN(C)C(=O)N3CCOCC3)n2)cc1. The second kappa shape index (κ2) is 6.78. The van der Waals surface area contributed by atoms with E-state index < -0.39 is 0 Å². The number of aromatic nitrogens is 2. The summed E-state index contributed by atoms with van der Waals surface area (Å²) in [5.41, 5.74) is 2.07. The lowest BCUT2D eigenvalue weighted by Crippen LogP contribution is -2.46. The predicted molar refractivity (Wildman–Crippen MR) is 83.7 cm³/mol. The second-order valence-electron chi connectivity index (χ2n) is 5.62. The van der Waals surface area contributed by atoms with Crippen LogP contribution in [0.15, 0.2) is 28.8 Å². The lowest BCUT2D eigenvalue weighted by atomic mass is 10.1. The number of nitrogens with zero attached hydrogens (tertiary/aromatic N) is 4. The van der Waals surface area contributed by atoms with Gasteiger partial charge in [-0.1, -0.05) is 35.0 Å². The molecule has 23 heavy (non-hydrogen) atoms. The molecular formula is C16H20N4O3. The van der Waals surface area contributed by atoms with E-state index in [1.807, 2.05) is 31.2 Å². The highest BCUT2D eigenvalue weighted by molar-refractivity contribution is 5.74. The van der Waals surface area contributed by atoms with Crippen LogP contribution in [0.25, 0.3) is 11.4 Å². The average molecular weight is 316 g/mol. The Morgan fingerprint density at radius 2 is 1.96 bits per heavy atom. The van der Waals surface area contributed by atoms with Crippen molar-refractivity contribution in [3.8, 4) is 11.4 Å². The van der Waals surface area contributed by atoms with E-state index in [4.69, 9.17) is 9.26 Å². The van der Waals surface area contributed by atoms with Crippen LogP contribution < -0.4 is 0 Å². The Labute approximate surface area is 134 Å². The molecule has 0 spiro atoms. The number of carbonyl (C=O) groups excluding carboxylic acids is 1. The number of morpholine rings is 1. The number of hydrogen-bond donors (Lipinski definition) is 0. The summed E-state index contributed by atoms with van der Waals surface area (Å²) in [6.07, 6.45) is 0. The second-order valence-corrected chi connectivity index (χ2v) is 5.62. The number of urea groups is 1. The minimum Gasteiger partial charge on any atom is -0.378 e. The lowest BCUT2D eigenvalue weighted by Gasteiger charge is -2.30. The Morgan fingerprint density at radius 3 is 2.65 bits per heavy atom. The Kier molecular flexibility index (Phi) is 4.57. The van der Waals surface area contributed by atoms with E-state index in [0.29, 0.717) is 38.0 Å². The molecule has 3 rings (SSSR count). The van der Waals surface area contributed by atoms with Crippen LogP contribution in [0.2, 0.25) is 0 Å². The maximum absolute atomic E-state index is 12.3. The van der Waals surface area contributed by atoms with Gasteiger partial charge < -0.3 is 19.1 Å². The fraction of sp³-hybridized carbons (Fsp3) is 0.438. The molecule has 2 amide bonds. The summed E-state index contributed by atoms with van der Waals surface area (Å²) in [5, 5.41) is 3.98. The van der Waals surface area contributed by atoms with Gasteiger partial charge in [0, 0.05) is 25.7 Å². The highest BCUT2D eigenvalue weighted by atomic mass is 16.5. The molecule has 7 nitrogen and oxygen atoms in total. The molecule has 2 heterocycles. The van der Waals surface area contributed by atoms with Crippen LogP contribution in [0.3, 0.4) is 0 Å². The van der Waals surface area contributed by atoms with Gasteiger partial charge in [-0.3, -0.25) is 0 Å². The largest absolute Gasteiger partial charge is 0.378 e. The van der Waals surface area contributed by atoms with E-state index >= 15 is 0 Å². The zero-order valence-corrected chi connectivity index (χ0v) is 13.4. The van der Waals surface area contributed by atoms with Gasteiger partial charge in [-0.15, -0.1) is 0 Å². The van der Waals surface area contributed by atoms with Gasteiger partial charge in [0.2, 0.25) is 11.7 Å². The van der Waals surface area contributed by atoms with Crippen LogP contribution in [-0.2, 0) is 11.3 Å². The molecule has 0 unspecified atom stereocenters. The molecule has 0 radical (unpaired) electrons. The van der Waals surface area contributed by atoms with Crippen LogP contribution in [0.5, 0.6) is 0 Å². The standard InChI is InChI=1S/C16H20N4O3/c1-12-3-5-13(6-4-12)15-17-14(23-18-15)11-19(2)16(21)20-7-9-22-10-8-20/h3-6H,7-11H2,1-2H3. The quantitative estimate of drug-likeness (QED) is 0.865. The molecule has 7 heteroatoms. The Hall–Kier alpha value is -2.41. The third kappa shape index (κ3) is 3.68. The first kappa shape index (κ1) is 15.5. The Bertz CT molecular complexity index is 662. The van der Waals surface area contributed by atoms with E-state index in [1.165, 1.54) is 5.56 Å². The predicted octanol–water partition coefficient (Wildman–Crippen LogP) is 1.93. The van der Waals surface area contributed by atoms with Crippen LogP contribution in [-0.4, -0.2) is 59.3 Å². The number of rotatable bonds is 3. The van der Waals surface area contributed by atoms with E-state index in [-0.39, 0.29) is 12.6 Å². The average Bonchev–Trinajstić information content (AvgIpc) is 3.04. The first-order valence-corrected chi connectivity index (χ1v) is 7.61. The van der Waals surface area contributed by atoms with Crippen molar-refractivity contribution in [2.45, 2.75) is 13.5 Å². The van der Waals surface area contributed by atoms with E-state index in [2.05, 4.69) is 10.1 Å². The zero-order chi connectivity index (χ0) is 16.2. The van der Waals surface area contributed by atoms with Crippen molar-refractivity contribution >= 4 is 6.03 Å². The molecule has 1 aromatic carbocycles. The summed E-state index contributed by atoms with van der Waals surface area (Å²) in [6, 6.07) is 7.85. The topological polar surface area (TPSA) is 71.7 Å². The van der Waals surface area contributed by atoms with Crippen molar-refractivity contribution in [2.24, 2.45) is 0 Å². The number of amides is 2. The summed E-state index contributed by atoms with van der Waals surface area (Å²) in [4.78, 5) is 20.0.